The Balaban J connectivity index is 2.16. The molecule has 1 aromatic carbocycles. The van der Waals surface area contributed by atoms with Crippen LogP contribution in [0, 0.1) is 13.8 Å². The van der Waals surface area contributed by atoms with E-state index in [4.69, 9.17) is 4.74 Å². The smallest absolute Gasteiger partial charge is 0.416 e. The first-order valence-electron chi connectivity index (χ1n) is 8.06. The molecule has 0 radical (unpaired) electrons. The van der Waals surface area contributed by atoms with Gasteiger partial charge in [0.2, 0.25) is 5.78 Å². The SMILES string of the molecule is CC(=O)c1c(C)[nH]c(C(=O)[C@@H](C)OC(=O)c2ccc(C(F)(F)F)cc2)c1C. The van der Waals surface area contributed by atoms with E-state index in [1.807, 2.05) is 0 Å². The minimum Gasteiger partial charge on any atom is -0.451 e. The van der Waals surface area contributed by atoms with Crippen LogP contribution < -0.4 is 0 Å². The molecule has 0 aliphatic heterocycles. The predicted molar refractivity (Wildman–Crippen MR) is 90.9 cm³/mol. The van der Waals surface area contributed by atoms with Crippen molar-refractivity contribution in [1.82, 2.24) is 4.98 Å². The van der Waals surface area contributed by atoms with E-state index < -0.39 is 29.6 Å². The Morgan fingerprint density at radius 3 is 2.07 bits per heavy atom. The van der Waals surface area contributed by atoms with Crippen molar-refractivity contribution in [3.05, 3.63) is 57.9 Å². The normalized spacial score (nSPS) is 12.6. The zero-order valence-electron chi connectivity index (χ0n) is 15.2. The van der Waals surface area contributed by atoms with E-state index in [1.54, 1.807) is 13.8 Å². The highest BCUT2D eigenvalue weighted by Crippen LogP contribution is 2.29. The Bertz CT molecular complexity index is 895. The van der Waals surface area contributed by atoms with E-state index in [1.165, 1.54) is 13.8 Å². The molecule has 1 atom stereocenters. The van der Waals surface area contributed by atoms with E-state index in [0.29, 0.717) is 16.8 Å². The number of esters is 1. The molecule has 144 valence electrons. The minimum atomic E-state index is -4.51. The number of carbonyl (C=O) groups excluding carboxylic acids is 3. The molecule has 1 aromatic heterocycles. The summed E-state index contributed by atoms with van der Waals surface area (Å²) in [5.74, 6) is -1.66. The summed E-state index contributed by atoms with van der Waals surface area (Å²) in [6, 6.07) is 3.50. The molecule has 0 amide bonds. The molecule has 0 bridgehead atoms. The molecular formula is C19H18F3NO4. The molecule has 27 heavy (non-hydrogen) atoms. The highest BCUT2D eigenvalue weighted by molar-refractivity contribution is 6.05. The van der Waals surface area contributed by atoms with Gasteiger partial charge in [0.1, 0.15) is 0 Å². The van der Waals surface area contributed by atoms with Crippen LogP contribution in [0.15, 0.2) is 24.3 Å². The standard InChI is InChI=1S/C19H18F3NO4/c1-9-15(11(3)24)10(2)23-16(9)17(25)12(4)27-18(26)13-5-7-14(8-6-13)19(20,21)22/h5-8,12,23H,1-4H3/t12-/m1/s1. The maximum absolute atomic E-state index is 12.6. The minimum absolute atomic E-state index is 0.105. The molecule has 0 saturated heterocycles. The Morgan fingerprint density at radius 1 is 1.07 bits per heavy atom. The van der Waals surface area contributed by atoms with Crippen LogP contribution in [-0.2, 0) is 10.9 Å². The van der Waals surface area contributed by atoms with Crippen LogP contribution in [0.2, 0.25) is 0 Å². The largest absolute Gasteiger partial charge is 0.451 e. The lowest BCUT2D eigenvalue weighted by Crippen LogP contribution is -2.25. The van der Waals surface area contributed by atoms with Crippen LogP contribution in [-0.4, -0.2) is 28.6 Å². The average Bonchev–Trinajstić information content (AvgIpc) is 2.87. The molecule has 0 saturated carbocycles. The number of aromatic amines is 1. The van der Waals surface area contributed by atoms with Gasteiger partial charge in [-0.05, 0) is 57.5 Å². The van der Waals surface area contributed by atoms with Crippen molar-refractivity contribution < 1.29 is 32.3 Å². The van der Waals surface area contributed by atoms with Crippen LogP contribution in [0.5, 0.6) is 0 Å². The number of hydrogen-bond donors (Lipinski definition) is 1. The Hall–Kier alpha value is -2.90. The number of rotatable bonds is 5. The number of ketones is 2. The lowest BCUT2D eigenvalue weighted by atomic mass is 10.0. The molecule has 2 aromatic rings. The summed E-state index contributed by atoms with van der Waals surface area (Å²) in [7, 11) is 0. The van der Waals surface area contributed by atoms with Crippen LogP contribution in [0.3, 0.4) is 0 Å². The number of aromatic nitrogens is 1. The molecule has 8 heteroatoms. The number of Topliss-reactive ketones (excluding diaryl/α,β-unsaturated/α-hetero) is 2. The average molecular weight is 381 g/mol. The molecule has 1 heterocycles. The quantitative estimate of drug-likeness (QED) is 0.620. The van der Waals surface area contributed by atoms with Gasteiger partial charge < -0.3 is 9.72 Å². The molecule has 0 aliphatic rings. The van der Waals surface area contributed by atoms with Crippen LogP contribution in [0.25, 0.3) is 0 Å². The van der Waals surface area contributed by atoms with Crippen molar-refractivity contribution in [3.63, 3.8) is 0 Å². The molecule has 1 N–H and O–H groups in total. The predicted octanol–water partition coefficient (Wildman–Crippen LogP) is 4.28. The van der Waals surface area contributed by atoms with E-state index in [-0.39, 0.29) is 17.0 Å². The van der Waals surface area contributed by atoms with Crippen LogP contribution in [0.1, 0.15) is 61.9 Å². The highest BCUT2D eigenvalue weighted by atomic mass is 19.4. The van der Waals surface area contributed by atoms with Crippen LogP contribution >= 0.6 is 0 Å². The van der Waals surface area contributed by atoms with Crippen molar-refractivity contribution in [3.8, 4) is 0 Å². The third kappa shape index (κ3) is 4.27. The van der Waals surface area contributed by atoms with E-state index in [0.717, 1.165) is 24.3 Å². The van der Waals surface area contributed by atoms with Gasteiger partial charge >= 0.3 is 12.1 Å². The molecule has 0 fully saturated rings. The topological polar surface area (TPSA) is 76.2 Å². The van der Waals surface area contributed by atoms with Crippen molar-refractivity contribution in [2.75, 3.05) is 0 Å². The van der Waals surface area contributed by atoms with E-state index in [9.17, 15) is 27.6 Å². The highest BCUT2D eigenvalue weighted by Gasteiger charge is 2.31. The van der Waals surface area contributed by atoms with Gasteiger partial charge in [0.25, 0.3) is 0 Å². The number of H-pyrrole nitrogens is 1. The number of alkyl halides is 3. The summed E-state index contributed by atoms with van der Waals surface area (Å²) in [6.07, 6.45) is -5.69. The number of carbonyl (C=O) groups is 3. The fourth-order valence-electron chi connectivity index (χ4n) is 2.81. The van der Waals surface area contributed by atoms with Gasteiger partial charge in [0.05, 0.1) is 16.8 Å². The van der Waals surface area contributed by atoms with E-state index >= 15 is 0 Å². The second-order valence-corrected chi connectivity index (χ2v) is 6.17. The van der Waals surface area contributed by atoms with Gasteiger partial charge in [-0.2, -0.15) is 13.2 Å². The Kier molecular flexibility index (Phi) is 5.58. The monoisotopic (exact) mass is 381 g/mol. The second-order valence-electron chi connectivity index (χ2n) is 6.17. The zero-order chi connectivity index (χ0) is 20.5. The van der Waals surface area contributed by atoms with Crippen molar-refractivity contribution in [2.24, 2.45) is 0 Å². The lowest BCUT2D eigenvalue weighted by molar-refractivity contribution is -0.137. The molecule has 0 aliphatic carbocycles. The Labute approximate surface area is 153 Å². The first-order valence-corrected chi connectivity index (χ1v) is 8.06. The molecule has 0 spiro atoms. The summed E-state index contributed by atoms with van der Waals surface area (Å²) in [5, 5.41) is 0. The summed E-state index contributed by atoms with van der Waals surface area (Å²) < 4.78 is 42.8. The zero-order valence-corrected chi connectivity index (χ0v) is 15.2. The number of nitrogens with one attached hydrogen (secondary N) is 1. The maximum atomic E-state index is 12.6. The first kappa shape index (κ1) is 20.4. The lowest BCUT2D eigenvalue weighted by Gasteiger charge is -2.13. The second kappa shape index (κ2) is 7.38. The fraction of sp³-hybridized carbons (Fsp3) is 0.316. The van der Waals surface area contributed by atoms with Gasteiger partial charge in [-0.15, -0.1) is 0 Å². The van der Waals surface area contributed by atoms with Gasteiger partial charge in [-0.1, -0.05) is 0 Å². The number of ether oxygens (including phenoxy) is 1. The number of aryl methyl sites for hydroxylation is 1. The summed E-state index contributed by atoms with van der Waals surface area (Å²) >= 11 is 0. The summed E-state index contributed by atoms with van der Waals surface area (Å²) in [6.45, 7) is 6.00. The van der Waals surface area contributed by atoms with Gasteiger partial charge in [0.15, 0.2) is 11.9 Å². The van der Waals surface area contributed by atoms with Gasteiger partial charge in [-0.3, -0.25) is 9.59 Å². The van der Waals surface area contributed by atoms with E-state index in [2.05, 4.69) is 4.98 Å². The van der Waals surface area contributed by atoms with Crippen molar-refractivity contribution in [2.45, 2.75) is 40.0 Å². The maximum Gasteiger partial charge on any atom is 0.416 e. The Morgan fingerprint density at radius 2 is 1.63 bits per heavy atom. The molecule has 0 unspecified atom stereocenters. The van der Waals surface area contributed by atoms with Crippen molar-refractivity contribution >= 4 is 17.5 Å². The third-order valence-electron chi connectivity index (χ3n) is 4.14. The summed E-state index contributed by atoms with van der Waals surface area (Å²) in [4.78, 5) is 39.1. The third-order valence-corrected chi connectivity index (χ3v) is 4.14. The number of halogens is 3. The fourth-order valence-corrected chi connectivity index (χ4v) is 2.81. The van der Waals surface area contributed by atoms with Crippen LogP contribution in [0.4, 0.5) is 13.2 Å². The van der Waals surface area contributed by atoms with Crippen molar-refractivity contribution in [1.29, 1.82) is 0 Å². The van der Waals surface area contributed by atoms with Gasteiger partial charge in [-0.25, -0.2) is 4.79 Å². The van der Waals surface area contributed by atoms with Gasteiger partial charge in [0, 0.05) is 11.3 Å². The molecule has 2 rings (SSSR count). The number of hydrogen-bond acceptors (Lipinski definition) is 4. The number of benzene rings is 1. The summed E-state index contributed by atoms with van der Waals surface area (Å²) in [5.41, 5.74) is 0.556. The molecule has 5 nitrogen and oxygen atoms in total. The first-order chi connectivity index (χ1) is 12.4. The molecular weight excluding hydrogens is 363 g/mol.